The first kappa shape index (κ1) is 30.2. The molecule has 210 valence electrons. The highest BCUT2D eigenvalue weighted by atomic mass is 32.2. The Balaban J connectivity index is 1.98. The Morgan fingerprint density at radius 1 is 1.24 bits per heavy atom. The average molecular weight is 547 g/mol. The number of anilines is 1. The van der Waals surface area contributed by atoms with E-state index in [2.05, 4.69) is 15.0 Å². The van der Waals surface area contributed by atoms with Crippen molar-refractivity contribution in [2.45, 2.75) is 98.0 Å². The summed E-state index contributed by atoms with van der Waals surface area (Å²) >= 11 is 1.69. The number of nitrogen functional groups attached to an aromatic ring is 1. The molecule has 1 aromatic heterocycles. The number of nitrogens with two attached hydrogens (primary N) is 1. The van der Waals surface area contributed by atoms with Crippen LogP contribution in [0.4, 0.5) is 5.95 Å². The number of esters is 1. The maximum absolute atomic E-state index is 13.3. The van der Waals surface area contributed by atoms with Crippen LogP contribution in [0.2, 0.25) is 0 Å². The van der Waals surface area contributed by atoms with Crippen molar-refractivity contribution in [1.29, 1.82) is 0 Å². The van der Waals surface area contributed by atoms with Crippen molar-refractivity contribution in [3.05, 3.63) is 29.1 Å². The number of Topliss-reactive ketones (excluding diaryl/α,β-unsaturated/α-hetero) is 1. The van der Waals surface area contributed by atoms with E-state index in [0.29, 0.717) is 25.0 Å². The molecule has 10 heteroatoms. The zero-order valence-corrected chi connectivity index (χ0v) is 24.1. The number of cyclic esters (lactones) is 1. The summed E-state index contributed by atoms with van der Waals surface area (Å²) in [4.78, 5) is 39.7. The van der Waals surface area contributed by atoms with Crippen LogP contribution in [0, 0.1) is 17.3 Å². The van der Waals surface area contributed by atoms with Gasteiger partial charge in [-0.15, -0.1) is 11.8 Å². The van der Waals surface area contributed by atoms with E-state index >= 15 is 0 Å². The second kappa shape index (κ2) is 12.7. The van der Waals surface area contributed by atoms with Gasteiger partial charge in [-0.25, -0.2) is 9.97 Å². The number of ether oxygens (including phenoxy) is 1. The number of thioether (sulfide) groups is 1. The third kappa shape index (κ3) is 7.42. The van der Waals surface area contributed by atoms with Crippen LogP contribution in [-0.2, 0) is 27.2 Å². The van der Waals surface area contributed by atoms with Gasteiger partial charge in [0.05, 0.1) is 40.8 Å². The zero-order valence-electron chi connectivity index (χ0n) is 23.3. The molecule has 0 aliphatic carbocycles. The van der Waals surface area contributed by atoms with Crippen LogP contribution < -0.4 is 5.73 Å². The fourth-order valence-electron chi connectivity index (χ4n) is 5.13. The van der Waals surface area contributed by atoms with Gasteiger partial charge in [0.1, 0.15) is 11.9 Å². The summed E-state index contributed by atoms with van der Waals surface area (Å²) in [7, 11) is 0. The molecule has 2 aliphatic rings. The number of carbonyl (C=O) groups is 2. The smallest absolute Gasteiger partial charge is 0.309 e. The molecule has 1 aromatic rings. The zero-order chi connectivity index (χ0) is 28.2. The number of aryl methyl sites for hydroxylation is 1. The van der Waals surface area contributed by atoms with Crippen LogP contribution in [-0.4, -0.2) is 67.1 Å². The fraction of sp³-hybridized carbons (Fsp3) is 0.679. The molecule has 3 unspecified atom stereocenters. The van der Waals surface area contributed by atoms with Crippen LogP contribution >= 0.6 is 11.8 Å². The topological polar surface area (TPSA) is 148 Å². The summed E-state index contributed by atoms with van der Waals surface area (Å²) in [5.74, 6) is -0.755. The van der Waals surface area contributed by atoms with Gasteiger partial charge in [0.2, 0.25) is 5.95 Å². The van der Waals surface area contributed by atoms with Crippen molar-refractivity contribution in [2.75, 3.05) is 11.5 Å². The van der Waals surface area contributed by atoms with E-state index in [1.165, 1.54) is 0 Å². The van der Waals surface area contributed by atoms with Crippen molar-refractivity contribution < 1.29 is 24.5 Å². The van der Waals surface area contributed by atoms with Crippen molar-refractivity contribution >= 4 is 34.5 Å². The molecule has 0 bridgehead atoms. The first-order chi connectivity index (χ1) is 17.8. The van der Waals surface area contributed by atoms with Gasteiger partial charge in [-0.05, 0) is 50.2 Å². The molecule has 0 fully saturated rings. The lowest BCUT2D eigenvalue weighted by Gasteiger charge is -2.34. The summed E-state index contributed by atoms with van der Waals surface area (Å²) in [5, 5.41) is 22.9. The molecule has 3 rings (SSSR count). The predicted molar refractivity (Wildman–Crippen MR) is 150 cm³/mol. The van der Waals surface area contributed by atoms with Crippen LogP contribution in [0.25, 0.3) is 0 Å². The summed E-state index contributed by atoms with van der Waals surface area (Å²) in [6.07, 6.45) is 2.99. The molecule has 0 saturated carbocycles. The minimum Gasteiger partial charge on any atom is -0.457 e. The normalized spacial score (nSPS) is 31.9. The molecule has 0 radical (unpaired) electrons. The van der Waals surface area contributed by atoms with Gasteiger partial charge in [-0.2, -0.15) is 0 Å². The van der Waals surface area contributed by atoms with E-state index in [1.54, 1.807) is 38.7 Å². The number of aromatic nitrogens is 2. The van der Waals surface area contributed by atoms with Crippen LogP contribution in [0.3, 0.4) is 0 Å². The lowest BCUT2D eigenvalue weighted by atomic mass is 9.73. The Bertz CT molecular complexity index is 1090. The third-order valence-corrected chi connectivity index (χ3v) is 8.87. The SMILES string of the molecule is CC1=NC(/C=C(\C)[C@H]2Cc3nc(N)ncc3CCCC(C)C(O)[C@@H](C)C(=O)C(C)(C)[C@@H](O)CC(=O)O2)CS1. The first-order valence-electron chi connectivity index (χ1n) is 13.3. The number of aliphatic hydroxyl groups excluding tert-OH is 2. The standard InChI is InChI=1S/C28H42N4O5S/c1-15-8-7-9-19-13-30-27(29)32-21(19)11-22(16(2)10-20-14-38-18(4)31-20)37-24(34)12-23(33)28(5,6)26(36)17(3)25(15)35/h10,13,15,17,20,22-23,25,33,35H,7-9,11-12,14H2,1-6H3,(H2,29,30,32)/b16-10+/t15?,17-,20?,22-,23+,25?/m1/s1. The number of hydrogen-bond donors (Lipinski definition) is 3. The van der Waals surface area contributed by atoms with Crippen LogP contribution in [0.1, 0.15) is 72.1 Å². The number of aliphatic imine (C=N–C) groups is 1. The molecule has 2 aliphatic heterocycles. The van der Waals surface area contributed by atoms with Gasteiger partial charge in [0.15, 0.2) is 0 Å². The number of carbonyl (C=O) groups excluding carboxylic acids is 2. The molecular weight excluding hydrogens is 504 g/mol. The molecule has 4 N–H and O–H groups in total. The lowest BCUT2D eigenvalue weighted by Crippen LogP contribution is -2.45. The summed E-state index contributed by atoms with van der Waals surface area (Å²) < 4.78 is 5.93. The quantitative estimate of drug-likeness (QED) is 0.375. The van der Waals surface area contributed by atoms with Gasteiger partial charge < -0.3 is 20.7 Å². The van der Waals surface area contributed by atoms with Crippen molar-refractivity contribution in [1.82, 2.24) is 9.97 Å². The third-order valence-electron chi connectivity index (χ3n) is 7.84. The van der Waals surface area contributed by atoms with E-state index in [4.69, 9.17) is 10.5 Å². The average Bonchev–Trinajstić information content (AvgIpc) is 3.26. The number of fused-ring (bicyclic) bond motifs is 1. The van der Waals surface area contributed by atoms with Gasteiger partial charge >= 0.3 is 5.97 Å². The molecular formula is C28H42N4O5S. The second-order valence-electron chi connectivity index (χ2n) is 11.3. The van der Waals surface area contributed by atoms with E-state index in [9.17, 15) is 19.8 Å². The maximum atomic E-state index is 13.3. The summed E-state index contributed by atoms with van der Waals surface area (Å²) in [6, 6.07) is -0.00875. The Morgan fingerprint density at radius 2 is 1.95 bits per heavy atom. The number of aliphatic hydroxyl groups is 2. The highest BCUT2D eigenvalue weighted by molar-refractivity contribution is 8.14. The molecule has 6 atom stereocenters. The number of rotatable bonds is 2. The molecule has 0 aromatic carbocycles. The van der Waals surface area contributed by atoms with Gasteiger partial charge in [-0.1, -0.05) is 33.8 Å². The molecule has 38 heavy (non-hydrogen) atoms. The van der Waals surface area contributed by atoms with Gasteiger partial charge in [0, 0.05) is 24.3 Å². The molecule has 0 amide bonds. The summed E-state index contributed by atoms with van der Waals surface area (Å²) in [5.41, 5.74) is 7.13. The Hall–Kier alpha value is -2.30. The Labute approximate surface area is 229 Å². The predicted octanol–water partition coefficient (Wildman–Crippen LogP) is 3.31. The minimum atomic E-state index is -1.27. The Kier molecular flexibility index (Phi) is 10.1. The van der Waals surface area contributed by atoms with Crippen molar-refractivity contribution in [3.63, 3.8) is 0 Å². The number of ketones is 1. The highest BCUT2D eigenvalue weighted by Crippen LogP contribution is 2.32. The van der Waals surface area contributed by atoms with Gasteiger partial charge in [-0.3, -0.25) is 14.6 Å². The first-order valence-corrected chi connectivity index (χ1v) is 14.3. The fourth-order valence-corrected chi connectivity index (χ4v) is 5.92. The van der Waals surface area contributed by atoms with Gasteiger partial charge in [0.25, 0.3) is 0 Å². The second-order valence-corrected chi connectivity index (χ2v) is 12.5. The number of hydrogen-bond acceptors (Lipinski definition) is 10. The van der Waals surface area contributed by atoms with E-state index in [-0.39, 0.29) is 30.1 Å². The van der Waals surface area contributed by atoms with E-state index < -0.39 is 35.6 Å². The van der Waals surface area contributed by atoms with Crippen molar-refractivity contribution in [3.8, 4) is 0 Å². The van der Waals surface area contributed by atoms with Crippen molar-refractivity contribution in [2.24, 2.45) is 22.2 Å². The van der Waals surface area contributed by atoms with E-state index in [0.717, 1.165) is 28.4 Å². The molecule has 9 nitrogen and oxygen atoms in total. The van der Waals surface area contributed by atoms with Crippen LogP contribution in [0.15, 0.2) is 22.8 Å². The lowest BCUT2D eigenvalue weighted by molar-refractivity contribution is -0.154. The largest absolute Gasteiger partial charge is 0.457 e. The summed E-state index contributed by atoms with van der Waals surface area (Å²) in [6.45, 7) is 10.7. The minimum absolute atomic E-state index is 0.00875. The molecule has 0 saturated heterocycles. The van der Waals surface area contributed by atoms with E-state index in [1.807, 2.05) is 26.8 Å². The highest BCUT2D eigenvalue weighted by Gasteiger charge is 2.42. The maximum Gasteiger partial charge on any atom is 0.309 e. The number of nitrogens with zero attached hydrogens (tertiary/aromatic N) is 3. The molecule has 3 heterocycles. The molecule has 0 spiro atoms. The van der Waals surface area contributed by atoms with Crippen LogP contribution in [0.5, 0.6) is 0 Å². The Morgan fingerprint density at radius 3 is 2.61 bits per heavy atom. The monoisotopic (exact) mass is 546 g/mol.